The van der Waals surface area contributed by atoms with E-state index >= 15 is 0 Å². The van der Waals surface area contributed by atoms with Crippen LogP contribution in [-0.4, -0.2) is 65.4 Å². The number of carbonyl (C=O) groups is 2. The second kappa shape index (κ2) is 10.00. The predicted octanol–water partition coefficient (Wildman–Crippen LogP) is 2.73. The number of aliphatic hydroxyl groups excluding tert-OH is 1. The molecule has 1 atom stereocenters. The smallest absolute Gasteiger partial charge is 0.222 e. The zero-order chi connectivity index (χ0) is 19.1. The van der Waals surface area contributed by atoms with E-state index in [0.717, 1.165) is 51.0 Å². The van der Waals surface area contributed by atoms with Gasteiger partial charge in [0.2, 0.25) is 5.91 Å². The molecule has 0 aliphatic carbocycles. The summed E-state index contributed by atoms with van der Waals surface area (Å²) in [5.41, 5.74) is 0.730. The lowest BCUT2D eigenvalue weighted by Gasteiger charge is -2.42. The molecule has 2 aliphatic heterocycles. The first-order valence-corrected chi connectivity index (χ1v) is 10.4. The Balaban J connectivity index is 1.36. The van der Waals surface area contributed by atoms with Gasteiger partial charge in [0, 0.05) is 50.7 Å². The van der Waals surface area contributed by atoms with Crippen LogP contribution in [0.25, 0.3) is 0 Å². The second-order valence-corrected chi connectivity index (χ2v) is 7.94. The Morgan fingerprint density at radius 3 is 2.44 bits per heavy atom. The van der Waals surface area contributed by atoms with Crippen molar-refractivity contribution >= 4 is 11.7 Å². The zero-order valence-corrected chi connectivity index (χ0v) is 16.2. The van der Waals surface area contributed by atoms with Crippen molar-refractivity contribution in [2.45, 2.75) is 51.0 Å². The highest BCUT2D eigenvalue weighted by molar-refractivity contribution is 5.96. The molecule has 1 aromatic rings. The van der Waals surface area contributed by atoms with Crippen LogP contribution in [0, 0.1) is 5.92 Å². The molecule has 2 aliphatic rings. The summed E-state index contributed by atoms with van der Waals surface area (Å²) in [6.45, 7) is 4.04. The van der Waals surface area contributed by atoms with Crippen molar-refractivity contribution in [2.75, 3.05) is 32.8 Å². The first-order chi connectivity index (χ1) is 13.2. The van der Waals surface area contributed by atoms with E-state index in [-0.39, 0.29) is 18.3 Å². The number of piperidine rings is 2. The van der Waals surface area contributed by atoms with Crippen LogP contribution >= 0.6 is 0 Å². The summed E-state index contributed by atoms with van der Waals surface area (Å²) in [6.07, 6.45) is 5.85. The van der Waals surface area contributed by atoms with Gasteiger partial charge in [-0.15, -0.1) is 0 Å². The highest BCUT2D eigenvalue weighted by atomic mass is 16.3. The molecular formula is C22H32N2O3. The third kappa shape index (κ3) is 5.63. The fourth-order valence-corrected chi connectivity index (χ4v) is 4.39. The van der Waals surface area contributed by atoms with E-state index in [1.807, 2.05) is 35.2 Å². The van der Waals surface area contributed by atoms with Crippen molar-refractivity contribution in [2.24, 2.45) is 5.92 Å². The van der Waals surface area contributed by atoms with Crippen molar-refractivity contribution in [3.05, 3.63) is 35.9 Å². The lowest BCUT2D eigenvalue weighted by atomic mass is 9.94. The Hall–Kier alpha value is -1.72. The van der Waals surface area contributed by atoms with Gasteiger partial charge >= 0.3 is 0 Å². The second-order valence-electron chi connectivity index (χ2n) is 7.94. The maximum Gasteiger partial charge on any atom is 0.222 e. The third-order valence-electron chi connectivity index (χ3n) is 6.03. The van der Waals surface area contributed by atoms with E-state index in [4.69, 9.17) is 0 Å². The first kappa shape index (κ1) is 20.0. The fourth-order valence-electron chi connectivity index (χ4n) is 4.39. The standard InChI is InChI=1S/C22H32N2O3/c25-17-18-6-5-13-24(16-18)20-11-14-23(15-12-20)22(27)10-4-9-21(26)19-7-2-1-3-8-19/h1-3,7-8,18,20,25H,4-6,9-17H2/t18-/m1/s1. The zero-order valence-electron chi connectivity index (χ0n) is 16.2. The maximum absolute atomic E-state index is 12.5. The number of hydrogen-bond donors (Lipinski definition) is 1. The molecule has 2 heterocycles. The van der Waals surface area contributed by atoms with Crippen LogP contribution in [0.2, 0.25) is 0 Å². The topological polar surface area (TPSA) is 60.9 Å². The predicted molar refractivity (Wildman–Crippen MR) is 106 cm³/mol. The number of hydrogen-bond acceptors (Lipinski definition) is 4. The van der Waals surface area contributed by atoms with Crippen molar-refractivity contribution < 1.29 is 14.7 Å². The van der Waals surface area contributed by atoms with Gasteiger partial charge in [-0.1, -0.05) is 30.3 Å². The molecule has 5 nitrogen and oxygen atoms in total. The molecule has 2 saturated heterocycles. The average molecular weight is 373 g/mol. The van der Waals surface area contributed by atoms with Crippen LogP contribution in [-0.2, 0) is 4.79 Å². The summed E-state index contributed by atoms with van der Waals surface area (Å²) < 4.78 is 0. The molecule has 0 saturated carbocycles. The Morgan fingerprint density at radius 2 is 1.74 bits per heavy atom. The van der Waals surface area contributed by atoms with E-state index in [1.165, 1.54) is 6.42 Å². The lowest BCUT2D eigenvalue weighted by molar-refractivity contribution is -0.133. The van der Waals surface area contributed by atoms with Crippen LogP contribution < -0.4 is 0 Å². The van der Waals surface area contributed by atoms with E-state index < -0.39 is 0 Å². The Bertz CT molecular complexity index is 611. The van der Waals surface area contributed by atoms with Gasteiger partial charge in [0.05, 0.1) is 0 Å². The van der Waals surface area contributed by atoms with Crippen molar-refractivity contribution in [3.63, 3.8) is 0 Å². The molecule has 0 aromatic heterocycles. The molecule has 1 N–H and O–H groups in total. The number of likely N-dealkylation sites (tertiary alicyclic amines) is 2. The molecule has 2 fully saturated rings. The van der Waals surface area contributed by atoms with Crippen molar-refractivity contribution in [3.8, 4) is 0 Å². The van der Waals surface area contributed by atoms with Gasteiger partial charge in [-0.3, -0.25) is 14.5 Å². The number of carbonyl (C=O) groups excluding carboxylic acids is 2. The van der Waals surface area contributed by atoms with Crippen molar-refractivity contribution in [1.82, 2.24) is 9.80 Å². The molecule has 1 amide bonds. The first-order valence-electron chi connectivity index (χ1n) is 10.4. The van der Waals surface area contributed by atoms with E-state index in [2.05, 4.69) is 4.90 Å². The molecular weight excluding hydrogens is 340 g/mol. The van der Waals surface area contributed by atoms with Gasteiger partial charge in [-0.2, -0.15) is 0 Å². The highest BCUT2D eigenvalue weighted by Gasteiger charge is 2.29. The minimum absolute atomic E-state index is 0.116. The molecule has 0 bridgehead atoms. The van der Waals surface area contributed by atoms with Crippen LogP contribution in [0.1, 0.15) is 55.3 Å². The summed E-state index contributed by atoms with van der Waals surface area (Å²) in [4.78, 5) is 29.1. The van der Waals surface area contributed by atoms with E-state index in [9.17, 15) is 14.7 Å². The molecule has 0 unspecified atom stereocenters. The van der Waals surface area contributed by atoms with Gasteiger partial charge in [0.15, 0.2) is 5.78 Å². The lowest BCUT2D eigenvalue weighted by Crippen LogP contribution is -2.50. The minimum Gasteiger partial charge on any atom is -0.396 e. The van der Waals surface area contributed by atoms with Gasteiger partial charge in [0.25, 0.3) is 0 Å². The van der Waals surface area contributed by atoms with Crippen LogP contribution in [0.5, 0.6) is 0 Å². The van der Waals surface area contributed by atoms with Crippen molar-refractivity contribution in [1.29, 1.82) is 0 Å². The summed E-state index contributed by atoms with van der Waals surface area (Å²) in [7, 11) is 0. The number of amides is 1. The summed E-state index contributed by atoms with van der Waals surface area (Å²) in [5.74, 6) is 0.715. The molecule has 3 rings (SSSR count). The summed E-state index contributed by atoms with van der Waals surface area (Å²) >= 11 is 0. The van der Waals surface area contributed by atoms with E-state index in [0.29, 0.717) is 31.2 Å². The van der Waals surface area contributed by atoms with Gasteiger partial charge < -0.3 is 10.0 Å². The summed E-state index contributed by atoms with van der Waals surface area (Å²) in [5, 5.41) is 9.41. The molecule has 27 heavy (non-hydrogen) atoms. The van der Waals surface area contributed by atoms with Crippen LogP contribution in [0.15, 0.2) is 30.3 Å². The van der Waals surface area contributed by atoms with Gasteiger partial charge in [-0.05, 0) is 44.6 Å². The number of Topliss-reactive ketones (excluding diaryl/α,β-unsaturated/α-hetero) is 1. The largest absolute Gasteiger partial charge is 0.396 e. The molecule has 5 heteroatoms. The van der Waals surface area contributed by atoms with E-state index in [1.54, 1.807) is 0 Å². The van der Waals surface area contributed by atoms with Gasteiger partial charge in [-0.25, -0.2) is 0 Å². The number of benzene rings is 1. The fraction of sp³-hybridized carbons (Fsp3) is 0.636. The maximum atomic E-state index is 12.5. The van der Waals surface area contributed by atoms with Crippen LogP contribution in [0.4, 0.5) is 0 Å². The molecule has 0 spiro atoms. The Kier molecular flexibility index (Phi) is 7.41. The SMILES string of the molecule is O=C(CCCC(=O)N1CCC(N2CCC[C@@H](CO)C2)CC1)c1ccccc1. The minimum atomic E-state index is 0.116. The van der Waals surface area contributed by atoms with Crippen LogP contribution in [0.3, 0.4) is 0 Å². The Labute approximate surface area is 162 Å². The quantitative estimate of drug-likeness (QED) is 0.748. The molecule has 148 valence electrons. The summed E-state index contributed by atoms with van der Waals surface area (Å²) in [6, 6.07) is 9.84. The highest BCUT2D eigenvalue weighted by Crippen LogP contribution is 2.24. The monoisotopic (exact) mass is 372 g/mol. The molecule has 1 aromatic carbocycles. The Morgan fingerprint density at radius 1 is 1.00 bits per heavy atom. The number of ketones is 1. The number of rotatable bonds is 7. The third-order valence-corrected chi connectivity index (χ3v) is 6.03. The van der Waals surface area contributed by atoms with Gasteiger partial charge in [0.1, 0.15) is 0 Å². The number of aliphatic hydroxyl groups is 1. The normalized spacial score (nSPS) is 22.0. The molecule has 0 radical (unpaired) electrons. The number of nitrogens with zero attached hydrogens (tertiary/aromatic N) is 2. The average Bonchev–Trinajstić information content (AvgIpc) is 2.74.